The first-order chi connectivity index (χ1) is 19.0. The Labute approximate surface area is 226 Å². The molecule has 5 rings (SSSR count). The SMILES string of the molecule is CCC(C)OC(=O)N1CCN(c2cc(-n3ccnc3)ncn2)CC1CC(=O)NCc1ccc2c(c1)OCCO2. The summed E-state index contributed by atoms with van der Waals surface area (Å²) in [5.41, 5.74) is 0.902. The summed E-state index contributed by atoms with van der Waals surface area (Å²) in [4.78, 5) is 42.7. The second kappa shape index (κ2) is 12.0. The Morgan fingerprint density at radius 2 is 1.95 bits per heavy atom. The maximum Gasteiger partial charge on any atom is 0.410 e. The fourth-order valence-corrected chi connectivity index (χ4v) is 4.53. The highest BCUT2D eigenvalue weighted by molar-refractivity contribution is 5.78. The molecule has 2 aliphatic rings. The van der Waals surface area contributed by atoms with Crippen molar-refractivity contribution in [3.63, 3.8) is 0 Å². The lowest BCUT2D eigenvalue weighted by Gasteiger charge is -2.41. The summed E-state index contributed by atoms with van der Waals surface area (Å²) in [5, 5.41) is 2.98. The number of rotatable bonds is 8. The highest BCUT2D eigenvalue weighted by atomic mass is 16.6. The van der Waals surface area contributed by atoms with E-state index in [1.165, 1.54) is 6.33 Å². The maximum absolute atomic E-state index is 13.1. The number of anilines is 1. The largest absolute Gasteiger partial charge is 0.486 e. The third kappa shape index (κ3) is 6.39. The number of hydrogen-bond acceptors (Lipinski definition) is 9. The van der Waals surface area contributed by atoms with Crippen LogP contribution in [0.25, 0.3) is 5.82 Å². The lowest BCUT2D eigenvalue weighted by atomic mass is 10.1. The predicted molar refractivity (Wildman–Crippen MR) is 142 cm³/mol. The average Bonchev–Trinajstić information content (AvgIpc) is 3.51. The Morgan fingerprint density at radius 1 is 1.13 bits per heavy atom. The van der Waals surface area contributed by atoms with Crippen molar-refractivity contribution in [1.29, 1.82) is 0 Å². The van der Waals surface area contributed by atoms with Crippen LogP contribution in [0.5, 0.6) is 11.5 Å². The van der Waals surface area contributed by atoms with Crippen molar-refractivity contribution in [3.05, 3.63) is 54.9 Å². The number of nitrogens with one attached hydrogen (secondary N) is 1. The molecule has 2 aromatic heterocycles. The summed E-state index contributed by atoms with van der Waals surface area (Å²) >= 11 is 0. The van der Waals surface area contributed by atoms with Crippen LogP contribution in [0, 0.1) is 0 Å². The number of ether oxygens (including phenoxy) is 3. The number of aromatic nitrogens is 4. The molecular formula is C27H33N7O5. The molecule has 2 unspecified atom stereocenters. The lowest BCUT2D eigenvalue weighted by Crippen LogP contribution is -2.57. The number of fused-ring (bicyclic) bond motifs is 1. The first-order valence-electron chi connectivity index (χ1n) is 13.2. The zero-order valence-electron chi connectivity index (χ0n) is 22.2. The second-order valence-corrected chi connectivity index (χ2v) is 9.56. The number of amides is 2. The van der Waals surface area contributed by atoms with E-state index in [-0.39, 0.29) is 18.4 Å². The Kier molecular flexibility index (Phi) is 8.09. The van der Waals surface area contributed by atoms with E-state index in [1.54, 1.807) is 22.0 Å². The summed E-state index contributed by atoms with van der Waals surface area (Å²) in [5.74, 6) is 2.61. The molecule has 2 aliphatic heterocycles. The standard InChI is InChI=1S/C27H33N7O5/c1-3-19(2)39-27(36)34-9-8-32(24-14-25(31-17-30-24)33-7-6-28-18-33)16-21(34)13-26(35)29-15-20-4-5-22-23(12-20)38-11-10-37-22/h4-7,12,14,17-19,21H,3,8-11,13,15-16H2,1-2H3,(H,29,35). The fourth-order valence-electron chi connectivity index (χ4n) is 4.53. The molecular weight excluding hydrogens is 502 g/mol. The average molecular weight is 536 g/mol. The van der Waals surface area contributed by atoms with Crippen LogP contribution >= 0.6 is 0 Å². The van der Waals surface area contributed by atoms with Gasteiger partial charge in [-0.25, -0.2) is 19.7 Å². The number of benzene rings is 1. The molecule has 1 fully saturated rings. The molecule has 1 saturated heterocycles. The van der Waals surface area contributed by atoms with E-state index in [2.05, 4.69) is 25.2 Å². The molecule has 4 heterocycles. The quantitative estimate of drug-likeness (QED) is 0.463. The first-order valence-corrected chi connectivity index (χ1v) is 13.2. The fraction of sp³-hybridized carbons (Fsp3) is 0.444. The second-order valence-electron chi connectivity index (χ2n) is 9.56. The van der Waals surface area contributed by atoms with Crippen LogP contribution < -0.4 is 19.7 Å². The number of hydrogen-bond donors (Lipinski definition) is 1. The van der Waals surface area contributed by atoms with Gasteiger partial charge in [-0.15, -0.1) is 0 Å². The molecule has 1 N–H and O–H groups in total. The maximum atomic E-state index is 13.1. The van der Waals surface area contributed by atoms with Gasteiger partial charge in [-0.2, -0.15) is 0 Å². The Bertz CT molecular complexity index is 1290. The third-order valence-electron chi connectivity index (χ3n) is 6.84. The molecule has 2 atom stereocenters. The van der Waals surface area contributed by atoms with Gasteiger partial charge < -0.3 is 29.3 Å². The molecule has 12 nitrogen and oxygen atoms in total. The van der Waals surface area contributed by atoms with Gasteiger partial charge >= 0.3 is 6.09 Å². The number of carbonyl (C=O) groups is 2. The summed E-state index contributed by atoms with van der Waals surface area (Å²) in [6.45, 7) is 6.56. The zero-order valence-corrected chi connectivity index (χ0v) is 22.2. The minimum Gasteiger partial charge on any atom is -0.486 e. The predicted octanol–water partition coefficient (Wildman–Crippen LogP) is 2.57. The van der Waals surface area contributed by atoms with Gasteiger partial charge in [-0.3, -0.25) is 9.36 Å². The van der Waals surface area contributed by atoms with Crippen molar-refractivity contribution in [1.82, 2.24) is 29.7 Å². The molecule has 0 saturated carbocycles. The van der Waals surface area contributed by atoms with Crippen LogP contribution in [0.1, 0.15) is 32.3 Å². The van der Waals surface area contributed by atoms with E-state index in [4.69, 9.17) is 14.2 Å². The summed E-state index contributed by atoms with van der Waals surface area (Å²) < 4.78 is 18.6. The van der Waals surface area contributed by atoms with E-state index in [0.717, 1.165) is 5.56 Å². The van der Waals surface area contributed by atoms with Crippen LogP contribution in [0.15, 0.2) is 49.3 Å². The van der Waals surface area contributed by atoms with Crippen LogP contribution in [0.4, 0.5) is 10.6 Å². The van der Waals surface area contributed by atoms with Crippen molar-refractivity contribution < 1.29 is 23.8 Å². The Morgan fingerprint density at radius 3 is 2.74 bits per heavy atom. The summed E-state index contributed by atoms with van der Waals surface area (Å²) in [6.07, 6.45) is 6.88. The van der Waals surface area contributed by atoms with Gasteiger partial charge in [0.1, 0.15) is 43.6 Å². The molecule has 2 amide bonds. The van der Waals surface area contributed by atoms with Gasteiger partial charge in [0.25, 0.3) is 0 Å². The van der Waals surface area contributed by atoms with Gasteiger partial charge in [0.15, 0.2) is 11.5 Å². The smallest absolute Gasteiger partial charge is 0.410 e. The third-order valence-corrected chi connectivity index (χ3v) is 6.84. The first kappa shape index (κ1) is 26.3. The highest BCUT2D eigenvalue weighted by Crippen LogP contribution is 2.30. The van der Waals surface area contributed by atoms with E-state index < -0.39 is 12.1 Å². The highest BCUT2D eigenvalue weighted by Gasteiger charge is 2.34. The Balaban J connectivity index is 1.27. The van der Waals surface area contributed by atoms with Crippen molar-refractivity contribution in [2.75, 3.05) is 37.7 Å². The number of carbonyl (C=O) groups excluding carboxylic acids is 2. The monoisotopic (exact) mass is 535 g/mol. The molecule has 206 valence electrons. The van der Waals surface area contributed by atoms with Crippen LogP contribution in [0.3, 0.4) is 0 Å². The number of imidazole rings is 1. The topological polar surface area (TPSA) is 124 Å². The molecule has 0 spiro atoms. The van der Waals surface area contributed by atoms with Gasteiger partial charge in [0, 0.05) is 51.1 Å². The number of nitrogens with zero attached hydrogens (tertiary/aromatic N) is 6. The van der Waals surface area contributed by atoms with E-state index in [0.29, 0.717) is 68.9 Å². The minimum absolute atomic E-state index is 0.121. The van der Waals surface area contributed by atoms with Crippen molar-refractivity contribution in [2.24, 2.45) is 0 Å². The lowest BCUT2D eigenvalue weighted by molar-refractivity contribution is -0.122. The van der Waals surface area contributed by atoms with Crippen LogP contribution in [-0.2, 0) is 16.1 Å². The molecule has 0 bridgehead atoms. The molecule has 39 heavy (non-hydrogen) atoms. The Hall–Kier alpha value is -4.35. The van der Waals surface area contributed by atoms with E-state index in [9.17, 15) is 9.59 Å². The molecule has 12 heteroatoms. The van der Waals surface area contributed by atoms with E-state index >= 15 is 0 Å². The van der Waals surface area contributed by atoms with Gasteiger partial charge in [-0.1, -0.05) is 13.0 Å². The molecule has 1 aromatic carbocycles. The molecule has 3 aromatic rings. The normalized spacial score (nSPS) is 17.4. The van der Waals surface area contributed by atoms with Gasteiger partial charge in [-0.05, 0) is 31.0 Å². The van der Waals surface area contributed by atoms with Crippen molar-refractivity contribution >= 4 is 17.8 Å². The zero-order chi connectivity index (χ0) is 27.2. The summed E-state index contributed by atoms with van der Waals surface area (Å²) in [6, 6.07) is 7.09. The molecule has 0 aliphatic carbocycles. The van der Waals surface area contributed by atoms with E-state index in [1.807, 2.05) is 44.3 Å². The van der Waals surface area contributed by atoms with Crippen molar-refractivity contribution in [3.8, 4) is 17.3 Å². The van der Waals surface area contributed by atoms with Crippen LogP contribution in [-0.4, -0.2) is 81.4 Å². The molecule has 0 radical (unpaired) electrons. The number of piperazine rings is 1. The van der Waals surface area contributed by atoms with Gasteiger partial charge in [0.05, 0.1) is 6.04 Å². The van der Waals surface area contributed by atoms with Crippen molar-refractivity contribution in [2.45, 2.75) is 45.4 Å². The minimum atomic E-state index is -0.407. The van der Waals surface area contributed by atoms with Gasteiger partial charge in [0.2, 0.25) is 5.91 Å². The summed E-state index contributed by atoms with van der Waals surface area (Å²) in [7, 11) is 0. The van der Waals surface area contributed by atoms with Crippen LogP contribution in [0.2, 0.25) is 0 Å².